The lowest BCUT2D eigenvalue weighted by Crippen LogP contribution is -2.51. The quantitative estimate of drug-likeness (QED) is 0.644. The van der Waals surface area contributed by atoms with Crippen LogP contribution in [0.15, 0.2) is 24.3 Å². The smallest absolute Gasteiger partial charge is 0.329 e. The first-order valence-corrected chi connectivity index (χ1v) is 9.34. The molecule has 2 N–H and O–H groups in total. The first kappa shape index (κ1) is 23.4. The molecule has 8 heteroatoms. The Balaban J connectivity index is 2.73. The van der Waals surface area contributed by atoms with Gasteiger partial charge < -0.3 is 15.4 Å². The molecule has 1 aromatic rings. The first-order chi connectivity index (χ1) is 13.0. The zero-order valence-corrected chi connectivity index (χ0v) is 17.5. The van der Waals surface area contributed by atoms with E-state index in [9.17, 15) is 19.6 Å². The fourth-order valence-corrected chi connectivity index (χ4v) is 2.44. The maximum absolute atomic E-state index is 12.4. The summed E-state index contributed by atoms with van der Waals surface area (Å²) in [6, 6.07) is 7.56. The van der Waals surface area contributed by atoms with Gasteiger partial charge in [0.15, 0.2) is 6.61 Å². The van der Waals surface area contributed by atoms with E-state index in [2.05, 4.69) is 10.6 Å². The van der Waals surface area contributed by atoms with Crippen molar-refractivity contribution >= 4 is 29.4 Å². The number of halogens is 1. The average Bonchev–Trinajstić information content (AvgIpc) is 2.63. The monoisotopic (exact) mass is 407 g/mol. The topological polar surface area (TPSA) is 108 Å². The standard InChI is InChI=1S/C20H26ClN3O4/c1-12(2)17(23-18(26)14-8-6-7-9-15(14)21)19(27)28-10-16(25)24-20(5,11-22)13(3)4/h6-9,12-13,17H,10H2,1-5H3,(H,23,26)(H,24,25)/t17-,20+/m0/s1. The number of benzene rings is 1. The van der Waals surface area contributed by atoms with Gasteiger partial charge in [-0.3, -0.25) is 9.59 Å². The molecule has 0 saturated heterocycles. The maximum Gasteiger partial charge on any atom is 0.329 e. The summed E-state index contributed by atoms with van der Waals surface area (Å²) in [5, 5.41) is 14.7. The van der Waals surface area contributed by atoms with Crippen molar-refractivity contribution in [1.82, 2.24) is 10.6 Å². The number of carbonyl (C=O) groups is 3. The van der Waals surface area contributed by atoms with Gasteiger partial charge in [-0.05, 0) is 30.9 Å². The fraction of sp³-hybridized carbons (Fsp3) is 0.500. The number of esters is 1. The molecule has 0 radical (unpaired) electrons. The van der Waals surface area contributed by atoms with Crippen molar-refractivity contribution in [3.63, 3.8) is 0 Å². The number of nitrogens with one attached hydrogen (secondary N) is 2. The minimum Gasteiger partial charge on any atom is -0.454 e. The fourth-order valence-electron chi connectivity index (χ4n) is 2.22. The van der Waals surface area contributed by atoms with Gasteiger partial charge in [0, 0.05) is 0 Å². The molecule has 0 saturated carbocycles. The Morgan fingerprint density at radius 2 is 1.82 bits per heavy atom. The average molecular weight is 408 g/mol. The predicted molar refractivity (Wildman–Crippen MR) is 106 cm³/mol. The van der Waals surface area contributed by atoms with Crippen LogP contribution in [0, 0.1) is 23.2 Å². The molecule has 1 aromatic carbocycles. The number of hydrogen-bond donors (Lipinski definition) is 2. The summed E-state index contributed by atoms with van der Waals surface area (Å²) >= 11 is 6.01. The predicted octanol–water partition coefficient (Wildman–Crippen LogP) is 2.69. The zero-order chi connectivity index (χ0) is 21.5. The molecule has 2 amide bonds. The van der Waals surface area contributed by atoms with Gasteiger partial charge in [-0.15, -0.1) is 0 Å². The van der Waals surface area contributed by atoms with Crippen molar-refractivity contribution in [2.75, 3.05) is 6.61 Å². The minimum atomic E-state index is -1.07. The molecule has 0 spiro atoms. The lowest BCUT2D eigenvalue weighted by atomic mass is 9.90. The molecule has 2 atom stereocenters. The van der Waals surface area contributed by atoms with E-state index in [1.807, 2.05) is 6.07 Å². The van der Waals surface area contributed by atoms with E-state index in [1.165, 1.54) is 0 Å². The Bertz CT molecular complexity index is 773. The Morgan fingerprint density at radius 1 is 1.21 bits per heavy atom. The lowest BCUT2D eigenvalue weighted by molar-refractivity contribution is -0.151. The summed E-state index contributed by atoms with van der Waals surface area (Å²) in [7, 11) is 0. The van der Waals surface area contributed by atoms with Crippen LogP contribution in [0.2, 0.25) is 5.02 Å². The lowest BCUT2D eigenvalue weighted by Gasteiger charge is -2.27. The summed E-state index contributed by atoms with van der Waals surface area (Å²) in [5.74, 6) is -2.25. The third-order valence-electron chi connectivity index (χ3n) is 4.46. The molecule has 0 unspecified atom stereocenters. The molecule has 0 aliphatic heterocycles. The number of hydrogen-bond acceptors (Lipinski definition) is 5. The molecule has 0 heterocycles. The van der Waals surface area contributed by atoms with Crippen molar-refractivity contribution in [3.05, 3.63) is 34.9 Å². The molecule has 152 valence electrons. The maximum atomic E-state index is 12.4. The van der Waals surface area contributed by atoms with Crippen molar-refractivity contribution in [3.8, 4) is 6.07 Å². The Morgan fingerprint density at radius 3 is 2.32 bits per heavy atom. The molecule has 0 aliphatic carbocycles. The molecule has 0 bridgehead atoms. The highest BCUT2D eigenvalue weighted by atomic mass is 35.5. The SMILES string of the molecule is CC(C)[C@H](NC(=O)c1ccccc1Cl)C(=O)OCC(=O)N[C@](C)(C#N)C(C)C. The molecule has 28 heavy (non-hydrogen) atoms. The molecule has 7 nitrogen and oxygen atoms in total. The van der Waals surface area contributed by atoms with Crippen molar-refractivity contribution < 1.29 is 19.1 Å². The van der Waals surface area contributed by atoms with E-state index < -0.39 is 36.0 Å². The highest BCUT2D eigenvalue weighted by molar-refractivity contribution is 6.33. The van der Waals surface area contributed by atoms with E-state index in [0.717, 1.165) is 0 Å². The second kappa shape index (κ2) is 10.1. The van der Waals surface area contributed by atoms with Crippen LogP contribution >= 0.6 is 11.6 Å². The van der Waals surface area contributed by atoms with Gasteiger partial charge in [-0.2, -0.15) is 5.26 Å². The first-order valence-electron chi connectivity index (χ1n) is 8.96. The molecule has 0 fully saturated rings. The van der Waals surface area contributed by atoms with Gasteiger partial charge in [-0.25, -0.2) is 4.79 Å². The van der Waals surface area contributed by atoms with E-state index >= 15 is 0 Å². The van der Waals surface area contributed by atoms with Gasteiger partial charge >= 0.3 is 5.97 Å². The van der Waals surface area contributed by atoms with Crippen LogP contribution in [-0.4, -0.2) is 36.0 Å². The van der Waals surface area contributed by atoms with Gasteiger partial charge in [-0.1, -0.05) is 51.4 Å². The van der Waals surface area contributed by atoms with Crippen LogP contribution in [0.4, 0.5) is 0 Å². The molecule has 0 aliphatic rings. The number of nitriles is 1. The van der Waals surface area contributed by atoms with Gasteiger partial charge in [0.25, 0.3) is 11.8 Å². The van der Waals surface area contributed by atoms with Gasteiger partial charge in [0.2, 0.25) is 0 Å². The van der Waals surface area contributed by atoms with Crippen molar-refractivity contribution in [2.24, 2.45) is 11.8 Å². The van der Waals surface area contributed by atoms with E-state index in [-0.39, 0.29) is 22.4 Å². The molecule has 0 aromatic heterocycles. The van der Waals surface area contributed by atoms with Crippen LogP contribution < -0.4 is 10.6 Å². The summed E-state index contributed by atoms with van der Waals surface area (Å²) in [4.78, 5) is 36.9. The Kier molecular flexibility index (Phi) is 8.45. The summed E-state index contributed by atoms with van der Waals surface area (Å²) in [6.07, 6.45) is 0. The highest BCUT2D eigenvalue weighted by Crippen LogP contribution is 2.16. The van der Waals surface area contributed by atoms with Crippen LogP contribution in [0.25, 0.3) is 0 Å². The Hall–Kier alpha value is -2.59. The number of amides is 2. The van der Waals surface area contributed by atoms with Gasteiger partial charge in [0.05, 0.1) is 16.7 Å². The van der Waals surface area contributed by atoms with Crippen LogP contribution in [0.5, 0.6) is 0 Å². The zero-order valence-electron chi connectivity index (χ0n) is 16.7. The second-order valence-corrected chi connectivity index (χ2v) is 7.71. The molecule has 1 rings (SSSR count). The summed E-state index contributed by atoms with van der Waals surface area (Å²) in [6.45, 7) is 8.13. The van der Waals surface area contributed by atoms with Crippen LogP contribution in [0.3, 0.4) is 0 Å². The van der Waals surface area contributed by atoms with Crippen molar-refractivity contribution in [2.45, 2.75) is 46.2 Å². The summed E-state index contributed by atoms with van der Waals surface area (Å²) in [5.41, 5.74) is -0.832. The number of carbonyl (C=O) groups excluding carboxylic acids is 3. The third-order valence-corrected chi connectivity index (χ3v) is 4.79. The largest absolute Gasteiger partial charge is 0.454 e. The highest BCUT2D eigenvalue weighted by Gasteiger charge is 2.31. The van der Waals surface area contributed by atoms with E-state index in [0.29, 0.717) is 0 Å². The molecular weight excluding hydrogens is 382 g/mol. The van der Waals surface area contributed by atoms with E-state index in [4.69, 9.17) is 16.3 Å². The number of rotatable bonds is 8. The van der Waals surface area contributed by atoms with Gasteiger partial charge in [0.1, 0.15) is 11.6 Å². The van der Waals surface area contributed by atoms with Crippen LogP contribution in [-0.2, 0) is 14.3 Å². The van der Waals surface area contributed by atoms with Crippen molar-refractivity contribution in [1.29, 1.82) is 5.26 Å². The minimum absolute atomic E-state index is 0.129. The normalized spacial score (nSPS) is 14.0. The Labute approximate surface area is 170 Å². The molecular formula is C20H26ClN3O4. The number of nitrogens with zero attached hydrogens (tertiary/aromatic N) is 1. The number of ether oxygens (including phenoxy) is 1. The van der Waals surface area contributed by atoms with Crippen LogP contribution in [0.1, 0.15) is 45.0 Å². The van der Waals surface area contributed by atoms with E-state index in [1.54, 1.807) is 58.9 Å². The summed E-state index contributed by atoms with van der Waals surface area (Å²) < 4.78 is 5.06. The third kappa shape index (κ3) is 6.24. The second-order valence-electron chi connectivity index (χ2n) is 7.30.